The fraction of sp³-hybridized carbons (Fsp3) is 0.125. The third kappa shape index (κ3) is 3.76. The predicted octanol–water partition coefficient (Wildman–Crippen LogP) is 5.41. The van der Waals surface area contributed by atoms with Gasteiger partial charge in [0, 0.05) is 28.6 Å². The van der Waals surface area contributed by atoms with E-state index in [9.17, 15) is 4.79 Å². The van der Waals surface area contributed by atoms with Gasteiger partial charge in [-0.05, 0) is 36.2 Å². The van der Waals surface area contributed by atoms with Crippen molar-refractivity contribution in [1.82, 2.24) is 4.98 Å². The Hall–Kier alpha value is -3.53. The van der Waals surface area contributed by atoms with Crippen molar-refractivity contribution in [3.05, 3.63) is 84.4 Å². The zero-order valence-corrected chi connectivity index (χ0v) is 15.7. The molecule has 0 radical (unpaired) electrons. The molecule has 0 aliphatic carbocycles. The molecule has 0 aliphatic heterocycles. The Morgan fingerprint density at radius 3 is 2.57 bits per heavy atom. The molecule has 4 rings (SSSR count). The van der Waals surface area contributed by atoms with Gasteiger partial charge in [0.05, 0.1) is 12.8 Å². The minimum atomic E-state index is -0.0190. The highest BCUT2D eigenvalue weighted by Gasteiger charge is 2.11. The number of carbonyl (C=O) groups excluding carboxylic acids is 1. The molecule has 140 valence electrons. The van der Waals surface area contributed by atoms with Crippen molar-refractivity contribution in [3.63, 3.8) is 0 Å². The number of H-pyrrole nitrogens is 1. The number of hydrogen-bond donors (Lipinski definition) is 2. The summed E-state index contributed by atoms with van der Waals surface area (Å²) in [6.45, 7) is 0. The zero-order chi connectivity index (χ0) is 19.3. The van der Waals surface area contributed by atoms with Crippen molar-refractivity contribution >= 4 is 22.5 Å². The second kappa shape index (κ2) is 8.01. The number of benzene rings is 3. The molecule has 1 aromatic heterocycles. The lowest BCUT2D eigenvalue weighted by atomic mass is 10.1. The molecular weight excluding hydrogens is 348 g/mol. The van der Waals surface area contributed by atoms with Crippen LogP contribution in [0.1, 0.15) is 12.0 Å². The van der Waals surface area contributed by atoms with Crippen LogP contribution in [0, 0.1) is 0 Å². The van der Waals surface area contributed by atoms with Crippen LogP contribution in [0.25, 0.3) is 22.2 Å². The first-order valence-electron chi connectivity index (χ1n) is 9.33. The van der Waals surface area contributed by atoms with Gasteiger partial charge in [-0.15, -0.1) is 0 Å². The molecule has 1 heterocycles. The van der Waals surface area contributed by atoms with Crippen molar-refractivity contribution in [1.29, 1.82) is 0 Å². The standard InChI is InChI=1S/C24H22N2O2/c1-28-23-13-7-3-8-17(23)14-15-24(27)26-21-12-6-4-10-19(21)22-16-18-9-2-5-11-20(18)25-22/h2-13,16,25H,14-15H2,1H3,(H,26,27). The van der Waals surface area contributed by atoms with Crippen LogP contribution in [0.4, 0.5) is 5.69 Å². The number of amides is 1. The predicted molar refractivity (Wildman–Crippen MR) is 114 cm³/mol. The summed E-state index contributed by atoms with van der Waals surface area (Å²) in [6.07, 6.45) is 1.02. The fourth-order valence-electron chi connectivity index (χ4n) is 3.42. The number of methoxy groups -OCH3 is 1. The number of aromatic nitrogens is 1. The molecule has 0 aliphatic rings. The molecule has 4 heteroatoms. The van der Waals surface area contributed by atoms with Crippen LogP contribution in [-0.2, 0) is 11.2 Å². The Balaban J connectivity index is 1.51. The lowest BCUT2D eigenvalue weighted by molar-refractivity contribution is -0.116. The number of ether oxygens (including phenoxy) is 1. The maximum Gasteiger partial charge on any atom is 0.224 e. The average molecular weight is 370 g/mol. The SMILES string of the molecule is COc1ccccc1CCC(=O)Nc1ccccc1-c1cc2ccccc2[nH]1. The number of rotatable bonds is 6. The molecule has 0 unspecified atom stereocenters. The van der Waals surface area contributed by atoms with Crippen molar-refractivity contribution in [2.24, 2.45) is 0 Å². The van der Waals surface area contributed by atoms with Crippen molar-refractivity contribution in [2.75, 3.05) is 12.4 Å². The van der Waals surface area contributed by atoms with Gasteiger partial charge >= 0.3 is 0 Å². The first-order chi connectivity index (χ1) is 13.7. The molecule has 0 bridgehead atoms. The van der Waals surface area contributed by atoms with Crippen LogP contribution in [0.3, 0.4) is 0 Å². The van der Waals surface area contributed by atoms with Gasteiger partial charge in [0.2, 0.25) is 5.91 Å². The summed E-state index contributed by atoms with van der Waals surface area (Å²) in [5.41, 5.74) is 4.88. The van der Waals surface area contributed by atoms with Crippen LogP contribution in [0.2, 0.25) is 0 Å². The normalized spacial score (nSPS) is 10.8. The molecule has 0 spiro atoms. The minimum absolute atomic E-state index is 0.0190. The van der Waals surface area contributed by atoms with E-state index in [2.05, 4.69) is 22.4 Å². The number of nitrogens with one attached hydrogen (secondary N) is 2. The third-order valence-corrected chi connectivity index (χ3v) is 4.84. The van der Waals surface area contributed by atoms with Crippen LogP contribution in [-0.4, -0.2) is 18.0 Å². The summed E-state index contributed by atoms with van der Waals surface area (Å²) in [5.74, 6) is 0.795. The van der Waals surface area contributed by atoms with E-state index in [1.807, 2.05) is 66.7 Å². The van der Waals surface area contributed by atoms with Crippen LogP contribution in [0.15, 0.2) is 78.9 Å². The summed E-state index contributed by atoms with van der Waals surface area (Å²) >= 11 is 0. The Labute approximate surface area is 164 Å². The zero-order valence-electron chi connectivity index (χ0n) is 15.7. The second-order valence-electron chi connectivity index (χ2n) is 6.68. The van der Waals surface area contributed by atoms with Crippen molar-refractivity contribution in [2.45, 2.75) is 12.8 Å². The van der Waals surface area contributed by atoms with Gasteiger partial charge in [-0.3, -0.25) is 4.79 Å². The highest BCUT2D eigenvalue weighted by atomic mass is 16.5. The van der Waals surface area contributed by atoms with E-state index in [4.69, 9.17) is 4.74 Å². The maximum atomic E-state index is 12.6. The lowest BCUT2D eigenvalue weighted by Gasteiger charge is -2.11. The Kier molecular flexibility index (Phi) is 5.11. The largest absolute Gasteiger partial charge is 0.496 e. The van der Waals surface area contributed by atoms with E-state index < -0.39 is 0 Å². The van der Waals surface area contributed by atoms with E-state index >= 15 is 0 Å². The number of aryl methyl sites for hydroxylation is 1. The molecule has 0 atom stereocenters. The smallest absolute Gasteiger partial charge is 0.224 e. The number of carbonyl (C=O) groups is 1. The molecule has 3 aromatic carbocycles. The van der Waals surface area contributed by atoms with E-state index in [-0.39, 0.29) is 5.91 Å². The summed E-state index contributed by atoms with van der Waals surface area (Å²) in [4.78, 5) is 16.0. The van der Waals surface area contributed by atoms with Gasteiger partial charge in [0.15, 0.2) is 0 Å². The molecular formula is C24H22N2O2. The quantitative estimate of drug-likeness (QED) is 0.476. The lowest BCUT2D eigenvalue weighted by Crippen LogP contribution is -2.13. The molecule has 2 N–H and O–H groups in total. The molecule has 1 amide bonds. The summed E-state index contributed by atoms with van der Waals surface area (Å²) in [7, 11) is 1.65. The summed E-state index contributed by atoms with van der Waals surface area (Å²) < 4.78 is 5.37. The van der Waals surface area contributed by atoms with E-state index in [0.29, 0.717) is 12.8 Å². The molecule has 0 saturated carbocycles. The van der Waals surface area contributed by atoms with Gasteiger partial charge in [-0.25, -0.2) is 0 Å². The maximum absolute atomic E-state index is 12.6. The molecule has 4 nitrogen and oxygen atoms in total. The number of para-hydroxylation sites is 3. The van der Waals surface area contributed by atoms with Gasteiger partial charge in [-0.1, -0.05) is 54.6 Å². The molecule has 0 fully saturated rings. The van der Waals surface area contributed by atoms with Gasteiger partial charge in [0.1, 0.15) is 5.75 Å². The van der Waals surface area contributed by atoms with Crippen LogP contribution < -0.4 is 10.1 Å². The van der Waals surface area contributed by atoms with E-state index in [0.717, 1.165) is 39.2 Å². The Bertz CT molecular complexity index is 1080. The topological polar surface area (TPSA) is 54.1 Å². The van der Waals surface area contributed by atoms with Gasteiger partial charge in [-0.2, -0.15) is 0 Å². The summed E-state index contributed by atoms with van der Waals surface area (Å²) in [6, 6.07) is 25.9. The highest BCUT2D eigenvalue weighted by Crippen LogP contribution is 2.30. The number of anilines is 1. The Morgan fingerprint density at radius 1 is 0.964 bits per heavy atom. The third-order valence-electron chi connectivity index (χ3n) is 4.84. The van der Waals surface area contributed by atoms with Gasteiger partial charge < -0.3 is 15.0 Å². The average Bonchev–Trinajstić information content (AvgIpc) is 3.17. The van der Waals surface area contributed by atoms with E-state index in [1.165, 1.54) is 0 Å². The van der Waals surface area contributed by atoms with Crippen molar-refractivity contribution < 1.29 is 9.53 Å². The first-order valence-corrected chi connectivity index (χ1v) is 9.33. The fourth-order valence-corrected chi connectivity index (χ4v) is 3.42. The number of aromatic amines is 1. The minimum Gasteiger partial charge on any atom is -0.496 e. The Morgan fingerprint density at radius 2 is 1.71 bits per heavy atom. The molecule has 4 aromatic rings. The highest BCUT2D eigenvalue weighted by molar-refractivity contribution is 5.96. The molecule has 28 heavy (non-hydrogen) atoms. The summed E-state index contributed by atoms with van der Waals surface area (Å²) in [5, 5.41) is 4.21. The van der Waals surface area contributed by atoms with Crippen LogP contribution >= 0.6 is 0 Å². The van der Waals surface area contributed by atoms with Crippen LogP contribution in [0.5, 0.6) is 5.75 Å². The first kappa shape index (κ1) is 17.9. The van der Waals surface area contributed by atoms with E-state index in [1.54, 1.807) is 7.11 Å². The monoisotopic (exact) mass is 370 g/mol. The molecule has 0 saturated heterocycles. The van der Waals surface area contributed by atoms with Crippen molar-refractivity contribution in [3.8, 4) is 17.0 Å². The number of fused-ring (bicyclic) bond motifs is 1. The van der Waals surface area contributed by atoms with Gasteiger partial charge in [0.25, 0.3) is 0 Å². The second-order valence-corrected chi connectivity index (χ2v) is 6.68. The number of hydrogen-bond acceptors (Lipinski definition) is 2.